The Bertz CT molecular complexity index is 895. The lowest BCUT2D eigenvalue weighted by atomic mass is 10.2. The first kappa shape index (κ1) is 18.2. The average molecular weight is 385 g/mol. The van der Waals surface area contributed by atoms with Crippen LogP contribution >= 0.6 is 23.4 Å². The number of hydrogen-bond donors (Lipinski definition) is 2. The van der Waals surface area contributed by atoms with Gasteiger partial charge in [-0.3, -0.25) is 9.89 Å². The third-order valence-electron chi connectivity index (χ3n) is 3.43. The van der Waals surface area contributed by atoms with Crippen molar-refractivity contribution in [3.8, 4) is 0 Å². The molecule has 0 spiro atoms. The van der Waals surface area contributed by atoms with Crippen molar-refractivity contribution in [2.75, 3.05) is 5.75 Å². The highest BCUT2D eigenvalue weighted by Gasteiger charge is 2.07. The van der Waals surface area contributed by atoms with E-state index in [1.807, 2.05) is 60.7 Å². The van der Waals surface area contributed by atoms with E-state index in [0.29, 0.717) is 22.5 Å². The van der Waals surface area contributed by atoms with Gasteiger partial charge >= 0.3 is 0 Å². The van der Waals surface area contributed by atoms with Gasteiger partial charge in [-0.15, -0.1) is 5.10 Å². The summed E-state index contributed by atoms with van der Waals surface area (Å²) >= 11 is 7.21. The van der Waals surface area contributed by atoms with E-state index in [-0.39, 0.29) is 11.7 Å². The van der Waals surface area contributed by atoms with Gasteiger partial charge in [0.1, 0.15) is 5.82 Å². The maximum absolute atomic E-state index is 11.9. The molecule has 2 N–H and O–H groups in total. The van der Waals surface area contributed by atoms with Gasteiger partial charge in [0.2, 0.25) is 11.1 Å². The molecular formula is C19H17ClN4OS. The number of rotatable bonds is 7. The Labute approximate surface area is 160 Å². The summed E-state index contributed by atoms with van der Waals surface area (Å²) in [5.41, 5.74) is 2.04. The summed E-state index contributed by atoms with van der Waals surface area (Å²) in [5.74, 6) is 0.817. The zero-order chi connectivity index (χ0) is 18.2. The molecule has 0 aliphatic carbocycles. The van der Waals surface area contributed by atoms with Crippen molar-refractivity contribution < 1.29 is 4.79 Å². The standard InChI is InChI=1S/C19H17ClN4OS/c20-16-8-4-7-15(11-16)12-21-18(25)13-26-19-22-17(23-24-19)10-9-14-5-2-1-3-6-14/h1-11H,12-13H2,(H,21,25)(H,22,23,24)/b10-9+. The molecule has 3 rings (SSSR count). The highest BCUT2D eigenvalue weighted by atomic mass is 35.5. The van der Waals surface area contributed by atoms with Crippen LogP contribution in [0.3, 0.4) is 0 Å². The third kappa shape index (κ3) is 5.75. The van der Waals surface area contributed by atoms with Crippen molar-refractivity contribution in [2.24, 2.45) is 0 Å². The van der Waals surface area contributed by atoms with E-state index in [1.54, 1.807) is 6.07 Å². The Morgan fingerprint density at radius 3 is 2.81 bits per heavy atom. The number of amides is 1. The molecule has 0 unspecified atom stereocenters. The second-order valence-corrected chi connectivity index (χ2v) is 6.82. The molecule has 5 nitrogen and oxygen atoms in total. The molecule has 3 aromatic rings. The summed E-state index contributed by atoms with van der Waals surface area (Å²) < 4.78 is 0. The molecule has 0 radical (unpaired) electrons. The van der Waals surface area contributed by atoms with Gasteiger partial charge in [-0.1, -0.05) is 71.9 Å². The van der Waals surface area contributed by atoms with Crippen LogP contribution in [-0.4, -0.2) is 26.8 Å². The van der Waals surface area contributed by atoms with Crippen LogP contribution in [0, 0.1) is 0 Å². The first-order valence-electron chi connectivity index (χ1n) is 7.98. The molecule has 0 saturated heterocycles. The molecular weight excluding hydrogens is 368 g/mol. The van der Waals surface area contributed by atoms with Crippen molar-refractivity contribution in [3.05, 3.63) is 76.6 Å². The molecule has 0 saturated carbocycles. The number of benzene rings is 2. The number of halogens is 1. The Morgan fingerprint density at radius 2 is 2.00 bits per heavy atom. The smallest absolute Gasteiger partial charge is 0.230 e. The van der Waals surface area contributed by atoms with Crippen molar-refractivity contribution in [2.45, 2.75) is 11.7 Å². The first-order valence-corrected chi connectivity index (χ1v) is 9.35. The second-order valence-electron chi connectivity index (χ2n) is 5.44. The number of H-pyrrole nitrogens is 1. The molecule has 1 heterocycles. The van der Waals surface area contributed by atoms with Gasteiger partial charge in [-0.25, -0.2) is 4.98 Å². The molecule has 0 fully saturated rings. The summed E-state index contributed by atoms with van der Waals surface area (Å²) in [4.78, 5) is 16.3. The monoisotopic (exact) mass is 384 g/mol. The van der Waals surface area contributed by atoms with Gasteiger partial charge in [0.05, 0.1) is 5.75 Å². The lowest BCUT2D eigenvalue weighted by Crippen LogP contribution is -2.24. The van der Waals surface area contributed by atoms with Gasteiger partial charge in [0, 0.05) is 11.6 Å². The molecule has 7 heteroatoms. The predicted octanol–water partition coefficient (Wildman–Crippen LogP) is 4.04. The number of nitrogens with zero attached hydrogens (tertiary/aromatic N) is 2. The molecule has 0 bridgehead atoms. The minimum absolute atomic E-state index is 0.0823. The second kappa shape index (κ2) is 9.22. The Balaban J connectivity index is 1.45. The van der Waals surface area contributed by atoms with Gasteiger partial charge in [0.25, 0.3) is 0 Å². The maximum Gasteiger partial charge on any atom is 0.230 e. The fraction of sp³-hybridized carbons (Fsp3) is 0.105. The molecule has 2 aromatic carbocycles. The van der Waals surface area contributed by atoms with Crippen molar-refractivity contribution in [3.63, 3.8) is 0 Å². The van der Waals surface area contributed by atoms with Gasteiger partial charge in [-0.2, -0.15) is 0 Å². The van der Waals surface area contributed by atoms with Crippen LogP contribution in [0.2, 0.25) is 5.02 Å². The fourth-order valence-corrected chi connectivity index (χ4v) is 3.01. The minimum atomic E-state index is -0.0823. The molecule has 0 atom stereocenters. The molecule has 132 valence electrons. The number of carbonyl (C=O) groups excluding carboxylic acids is 1. The Kier molecular flexibility index (Phi) is 6.46. The predicted molar refractivity (Wildman–Crippen MR) is 106 cm³/mol. The van der Waals surface area contributed by atoms with E-state index in [1.165, 1.54) is 11.8 Å². The zero-order valence-electron chi connectivity index (χ0n) is 13.9. The van der Waals surface area contributed by atoms with Crippen LogP contribution in [0.15, 0.2) is 59.8 Å². The largest absolute Gasteiger partial charge is 0.351 e. The Morgan fingerprint density at radius 1 is 1.15 bits per heavy atom. The fourth-order valence-electron chi connectivity index (χ4n) is 2.17. The highest BCUT2D eigenvalue weighted by molar-refractivity contribution is 7.99. The van der Waals surface area contributed by atoms with Gasteiger partial charge in [0.15, 0.2) is 0 Å². The van der Waals surface area contributed by atoms with Crippen molar-refractivity contribution in [1.82, 2.24) is 20.5 Å². The number of carbonyl (C=O) groups is 1. The quantitative estimate of drug-likeness (QED) is 0.603. The van der Waals surface area contributed by atoms with E-state index in [4.69, 9.17) is 11.6 Å². The van der Waals surface area contributed by atoms with Crippen LogP contribution < -0.4 is 5.32 Å². The van der Waals surface area contributed by atoms with E-state index in [2.05, 4.69) is 20.5 Å². The van der Waals surface area contributed by atoms with Crippen LogP contribution in [0.1, 0.15) is 17.0 Å². The van der Waals surface area contributed by atoms with E-state index < -0.39 is 0 Å². The normalized spacial score (nSPS) is 11.0. The summed E-state index contributed by atoms with van der Waals surface area (Å²) in [6.45, 7) is 0.443. The van der Waals surface area contributed by atoms with E-state index >= 15 is 0 Å². The molecule has 26 heavy (non-hydrogen) atoms. The number of thioether (sulfide) groups is 1. The molecule has 0 aliphatic rings. The summed E-state index contributed by atoms with van der Waals surface area (Å²) in [6.07, 6.45) is 3.80. The van der Waals surface area contributed by atoms with Gasteiger partial charge in [-0.05, 0) is 29.3 Å². The topological polar surface area (TPSA) is 70.7 Å². The first-order chi connectivity index (χ1) is 12.7. The van der Waals surface area contributed by atoms with Gasteiger partial charge < -0.3 is 5.32 Å². The zero-order valence-corrected chi connectivity index (χ0v) is 15.4. The number of hydrogen-bond acceptors (Lipinski definition) is 4. The molecule has 1 aromatic heterocycles. The number of nitrogens with one attached hydrogen (secondary N) is 2. The number of aromatic amines is 1. The van der Waals surface area contributed by atoms with E-state index in [9.17, 15) is 4.79 Å². The SMILES string of the molecule is O=C(CSc1n[nH]c(/C=C/c2ccccc2)n1)NCc1cccc(Cl)c1. The molecule has 0 aliphatic heterocycles. The van der Waals surface area contributed by atoms with Crippen molar-refractivity contribution >= 4 is 41.4 Å². The average Bonchev–Trinajstić information content (AvgIpc) is 3.12. The lowest BCUT2D eigenvalue weighted by molar-refractivity contribution is -0.118. The van der Waals surface area contributed by atoms with Crippen LogP contribution in [0.4, 0.5) is 0 Å². The van der Waals surface area contributed by atoms with E-state index in [0.717, 1.165) is 11.1 Å². The Hall–Kier alpha value is -2.57. The van der Waals surface area contributed by atoms with Crippen LogP contribution in [0.5, 0.6) is 0 Å². The minimum Gasteiger partial charge on any atom is -0.351 e. The van der Waals surface area contributed by atoms with Crippen molar-refractivity contribution in [1.29, 1.82) is 0 Å². The third-order valence-corrected chi connectivity index (χ3v) is 4.51. The van der Waals surface area contributed by atoms with Crippen LogP contribution in [0.25, 0.3) is 12.2 Å². The number of aromatic nitrogens is 3. The maximum atomic E-state index is 11.9. The lowest BCUT2D eigenvalue weighted by Gasteiger charge is -2.04. The van der Waals surface area contributed by atoms with Crippen LogP contribution in [-0.2, 0) is 11.3 Å². The molecule has 1 amide bonds. The highest BCUT2D eigenvalue weighted by Crippen LogP contribution is 2.14. The summed E-state index contributed by atoms with van der Waals surface area (Å²) in [7, 11) is 0. The summed E-state index contributed by atoms with van der Waals surface area (Å²) in [5, 5.41) is 11.0. The summed E-state index contributed by atoms with van der Waals surface area (Å²) in [6, 6.07) is 17.3.